The summed E-state index contributed by atoms with van der Waals surface area (Å²) >= 11 is 0. The molecule has 1 aromatic carbocycles. The van der Waals surface area contributed by atoms with Gasteiger partial charge in [0, 0.05) is 26.1 Å². The molecule has 5 nitrogen and oxygen atoms in total. The molecule has 2 atom stereocenters. The average Bonchev–Trinajstić information content (AvgIpc) is 2.62. The summed E-state index contributed by atoms with van der Waals surface area (Å²) < 4.78 is 5.95. The Bertz CT molecular complexity index is 567. The van der Waals surface area contributed by atoms with Gasteiger partial charge in [0.05, 0.1) is 12.0 Å². The van der Waals surface area contributed by atoms with Gasteiger partial charge in [-0.25, -0.2) is 0 Å². The normalized spacial score (nSPS) is 25.4. The molecule has 0 saturated carbocycles. The van der Waals surface area contributed by atoms with Crippen LogP contribution in [0.2, 0.25) is 0 Å². The summed E-state index contributed by atoms with van der Waals surface area (Å²) in [5.41, 5.74) is 6.36. The molecule has 1 aromatic rings. The Morgan fingerprint density at radius 1 is 1.12 bits per heavy atom. The Kier molecular flexibility index (Phi) is 5.51. The molecule has 2 fully saturated rings. The highest BCUT2D eigenvalue weighted by Gasteiger charge is 2.36. The Balaban J connectivity index is 1.64. The van der Waals surface area contributed by atoms with Crippen LogP contribution >= 0.6 is 0 Å². The van der Waals surface area contributed by atoms with Gasteiger partial charge >= 0.3 is 0 Å². The van der Waals surface area contributed by atoms with Crippen LogP contribution in [0.25, 0.3) is 0 Å². The van der Waals surface area contributed by atoms with Crippen LogP contribution in [0.5, 0.6) is 0 Å². The zero-order valence-electron chi connectivity index (χ0n) is 14.0. The van der Waals surface area contributed by atoms with Crippen molar-refractivity contribution in [2.75, 3.05) is 19.7 Å². The first kappa shape index (κ1) is 17.0. The van der Waals surface area contributed by atoms with E-state index in [0.29, 0.717) is 18.9 Å². The highest BCUT2D eigenvalue weighted by molar-refractivity contribution is 5.80. The zero-order valence-corrected chi connectivity index (χ0v) is 14.0. The van der Waals surface area contributed by atoms with Crippen LogP contribution < -0.4 is 5.73 Å². The average molecular weight is 330 g/mol. The second-order valence-electron chi connectivity index (χ2n) is 6.89. The number of carbonyl (C=O) groups is 2. The van der Waals surface area contributed by atoms with Crippen molar-refractivity contribution in [1.29, 1.82) is 0 Å². The monoisotopic (exact) mass is 330 g/mol. The summed E-state index contributed by atoms with van der Waals surface area (Å²) in [6, 6.07) is 10.0. The lowest BCUT2D eigenvalue weighted by atomic mass is 9.86. The van der Waals surface area contributed by atoms with Crippen molar-refractivity contribution in [3.05, 3.63) is 35.9 Å². The number of carbonyl (C=O) groups excluding carboxylic acids is 2. The molecule has 0 aliphatic carbocycles. The third-order valence-corrected chi connectivity index (χ3v) is 5.18. The fourth-order valence-corrected chi connectivity index (χ4v) is 3.88. The van der Waals surface area contributed by atoms with E-state index in [4.69, 9.17) is 10.5 Å². The molecule has 24 heavy (non-hydrogen) atoms. The van der Waals surface area contributed by atoms with Crippen LogP contribution in [-0.2, 0) is 14.3 Å². The Morgan fingerprint density at radius 3 is 2.50 bits per heavy atom. The maximum absolute atomic E-state index is 13.0. The van der Waals surface area contributed by atoms with Crippen LogP contribution in [0.15, 0.2) is 30.3 Å². The molecule has 2 heterocycles. The standard InChI is InChI=1S/C19H26N2O3/c20-17(22)13-14-8-10-21(11-9-14)19(23)16-7-4-12-24-18(16)15-5-2-1-3-6-15/h1-3,5-6,14,16,18H,4,7-13H2,(H2,20,22). The smallest absolute Gasteiger partial charge is 0.228 e. The second kappa shape index (κ2) is 7.79. The number of likely N-dealkylation sites (tertiary alicyclic amines) is 1. The number of nitrogens with zero attached hydrogens (tertiary/aromatic N) is 1. The minimum Gasteiger partial charge on any atom is -0.373 e. The van der Waals surface area contributed by atoms with Gasteiger partial charge in [0.2, 0.25) is 11.8 Å². The van der Waals surface area contributed by atoms with E-state index in [1.807, 2.05) is 35.2 Å². The van der Waals surface area contributed by atoms with Crippen molar-refractivity contribution >= 4 is 11.8 Å². The first-order valence-electron chi connectivity index (χ1n) is 8.89. The molecule has 2 aliphatic heterocycles. The van der Waals surface area contributed by atoms with E-state index in [1.165, 1.54) is 0 Å². The molecule has 5 heteroatoms. The van der Waals surface area contributed by atoms with Crippen molar-refractivity contribution in [2.24, 2.45) is 17.6 Å². The van der Waals surface area contributed by atoms with E-state index in [9.17, 15) is 9.59 Å². The van der Waals surface area contributed by atoms with Crippen molar-refractivity contribution in [3.63, 3.8) is 0 Å². The SMILES string of the molecule is NC(=O)CC1CCN(C(=O)C2CCCOC2c2ccccc2)CC1. The van der Waals surface area contributed by atoms with Gasteiger partial charge in [-0.3, -0.25) is 9.59 Å². The number of piperidine rings is 1. The van der Waals surface area contributed by atoms with Gasteiger partial charge in [0.1, 0.15) is 0 Å². The maximum Gasteiger partial charge on any atom is 0.228 e. The van der Waals surface area contributed by atoms with E-state index >= 15 is 0 Å². The Hall–Kier alpha value is -1.88. The molecule has 2 amide bonds. The van der Waals surface area contributed by atoms with Gasteiger partial charge in [-0.2, -0.15) is 0 Å². The van der Waals surface area contributed by atoms with Gasteiger partial charge in [0.25, 0.3) is 0 Å². The predicted octanol–water partition coefficient (Wildman–Crippen LogP) is 2.27. The molecule has 0 radical (unpaired) electrons. The highest BCUT2D eigenvalue weighted by atomic mass is 16.5. The van der Waals surface area contributed by atoms with E-state index in [-0.39, 0.29) is 23.8 Å². The van der Waals surface area contributed by atoms with Gasteiger partial charge in [-0.1, -0.05) is 30.3 Å². The zero-order chi connectivity index (χ0) is 16.9. The lowest BCUT2D eigenvalue weighted by Gasteiger charge is -2.38. The molecule has 2 saturated heterocycles. The second-order valence-corrected chi connectivity index (χ2v) is 6.89. The lowest BCUT2D eigenvalue weighted by Crippen LogP contribution is -2.45. The summed E-state index contributed by atoms with van der Waals surface area (Å²) in [5.74, 6) is 0.165. The summed E-state index contributed by atoms with van der Waals surface area (Å²) in [4.78, 5) is 26.0. The van der Waals surface area contributed by atoms with Gasteiger partial charge in [-0.15, -0.1) is 0 Å². The van der Waals surface area contributed by atoms with Crippen LogP contribution in [0.4, 0.5) is 0 Å². The van der Waals surface area contributed by atoms with E-state index < -0.39 is 0 Å². The largest absolute Gasteiger partial charge is 0.373 e. The fourth-order valence-electron chi connectivity index (χ4n) is 3.88. The number of amides is 2. The maximum atomic E-state index is 13.0. The van der Waals surface area contributed by atoms with Crippen LogP contribution in [0.1, 0.15) is 43.8 Å². The number of benzene rings is 1. The summed E-state index contributed by atoms with van der Waals surface area (Å²) in [6.07, 6.45) is 3.81. The summed E-state index contributed by atoms with van der Waals surface area (Å²) in [6.45, 7) is 2.15. The van der Waals surface area contributed by atoms with E-state index in [2.05, 4.69) is 0 Å². The topological polar surface area (TPSA) is 72.6 Å². The third-order valence-electron chi connectivity index (χ3n) is 5.18. The quantitative estimate of drug-likeness (QED) is 0.920. The molecule has 0 aromatic heterocycles. The molecule has 0 bridgehead atoms. The molecule has 3 rings (SSSR count). The molecule has 130 valence electrons. The Labute approximate surface area is 143 Å². The molecule has 2 N–H and O–H groups in total. The molecular formula is C19H26N2O3. The van der Waals surface area contributed by atoms with E-state index in [1.54, 1.807) is 0 Å². The van der Waals surface area contributed by atoms with E-state index in [0.717, 1.165) is 44.3 Å². The molecular weight excluding hydrogens is 304 g/mol. The van der Waals surface area contributed by atoms with Crippen molar-refractivity contribution in [3.8, 4) is 0 Å². The molecule has 2 unspecified atom stereocenters. The number of hydrogen-bond acceptors (Lipinski definition) is 3. The summed E-state index contributed by atoms with van der Waals surface area (Å²) in [5, 5.41) is 0. The van der Waals surface area contributed by atoms with Gasteiger partial charge < -0.3 is 15.4 Å². The number of hydrogen-bond donors (Lipinski definition) is 1. The first-order chi connectivity index (χ1) is 11.6. The Morgan fingerprint density at radius 2 is 1.83 bits per heavy atom. The predicted molar refractivity (Wildman–Crippen MR) is 91.0 cm³/mol. The van der Waals surface area contributed by atoms with Crippen molar-refractivity contribution in [1.82, 2.24) is 4.90 Å². The van der Waals surface area contributed by atoms with Crippen LogP contribution in [0.3, 0.4) is 0 Å². The minimum atomic E-state index is -0.246. The highest BCUT2D eigenvalue weighted by Crippen LogP contribution is 2.35. The van der Waals surface area contributed by atoms with Crippen LogP contribution in [-0.4, -0.2) is 36.4 Å². The third kappa shape index (κ3) is 3.96. The fraction of sp³-hybridized carbons (Fsp3) is 0.579. The molecule has 0 spiro atoms. The number of nitrogens with two attached hydrogens (primary N) is 1. The first-order valence-corrected chi connectivity index (χ1v) is 8.89. The lowest BCUT2D eigenvalue weighted by molar-refractivity contribution is -0.147. The minimum absolute atomic E-state index is 0.103. The van der Waals surface area contributed by atoms with Crippen LogP contribution in [0, 0.1) is 11.8 Å². The van der Waals surface area contributed by atoms with Gasteiger partial charge in [0.15, 0.2) is 0 Å². The van der Waals surface area contributed by atoms with Crippen molar-refractivity contribution in [2.45, 2.75) is 38.2 Å². The number of ether oxygens (including phenoxy) is 1. The summed E-state index contributed by atoms with van der Waals surface area (Å²) in [7, 11) is 0. The number of primary amides is 1. The number of rotatable bonds is 4. The van der Waals surface area contributed by atoms with Gasteiger partial charge in [-0.05, 0) is 37.2 Å². The molecule has 2 aliphatic rings. The van der Waals surface area contributed by atoms with Crippen molar-refractivity contribution < 1.29 is 14.3 Å².